The molecular weight excluding hydrogens is 380 g/mol. The Hall–Kier alpha value is -2.70. The smallest absolute Gasteiger partial charge is 0.163 e. The van der Waals surface area contributed by atoms with Crippen molar-refractivity contribution in [1.82, 2.24) is 9.80 Å². The van der Waals surface area contributed by atoms with E-state index in [0.29, 0.717) is 35.8 Å². The Morgan fingerprint density at radius 3 is 1.43 bits per heavy atom. The van der Waals surface area contributed by atoms with E-state index < -0.39 is 0 Å². The molecule has 0 atom stereocenters. The van der Waals surface area contributed by atoms with E-state index in [0.717, 1.165) is 39.3 Å². The third-order valence-corrected chi connectivity index (χ3v) is 5.33. The molecule has 0 aromatic heterocycles. The predicted molar refractivity (Wildman–Crippen MR) is 117 cm³/mol. The Labute approximate surface area is 178 Å². The molecule has 2 aromatic rings. The summed E-state index contributed by atoms with van der Waals surface area (Å²) in [6.45, 7) is 9.82. The monoisotopic (exact) mass is 410 g/mol. The topological polar surface area (TPSA) is 59.1 Å². The van der Waals surface area contributed by atoms with E-state index in [2.05, 4.69) is 9.80 Å². The highest BCUT2D eigenvalue weighted by Gasteiger charge is 2.17. The largest absolute Gasteiger partial charge is 0.491 e. The summed E-state index contributed by atoms with van der Waals surface area (Å²) in [5, 5.41) is 0. The molecule has 3 rings (SSSR count). The third kappa shape index (κ3) is 6.15. The van der Waals surface area contributed by atoms with Gasteiger partial charge in [0.15, 0.2) is 11.6 Å². The first-order valence-electron chi connectivity index (χ1n) is 10.4. The van der Waals surface area contributed by atoms with Crippen LogP contribution in [0.25, 0.3) is 0 Å². The molecule has 1 fully saturated rings. The van der Waals surface area contributed by atoms with Crippen molar-refractivity contribution >= 4 is 11.6 Å². The molecule has 0 saturated carbocycles. The number of hydrogen-bond acceptors (Lipinski definition) is 6. The van der Waals surface area contributed by atoms with E-state index in [1.54, 1.807) is 26.0 Å². The normalized spacial score (nSPS) is 15.0. The standard InChI is InChI=1S/C24H30N2O4/c1-19(27)21-7-3-5-9-23(21)29-17-15-25-11-13-26(14-12-25)16-18-30-24-10-6-4-8-22(24)20(2)28/h3-10H,11-18H2,1-2H3. The van der Waals surface area contributed by atoms with E-state index in [1.165, 1.54) is 0 Å². The fourth-order valence-corrected chi connectivity index (χ4v) is 3.57. The Bertz CT molecular complexity index is 788. The summed E-state index contributed by atoms with van der Waals surface area (Å²) in [7, 11) is 0. The number of carbonyl (C=O) groups is 2. The molecule has 0 aliphatic carbocycles. The lowest BCUT2D eigenvalue weighted by molar-refractivity contribution is 0.0978. The van der Waals surface area contributed by atoms with Gasteiger partial charge >= 0.3 is 0 Å². The quantitative estimate of drug-likeness (QED) is 0.561. The zero-order valence-electron chi connectivity index (χ0n) is 17.8. The van der Waals surface area contributed by atoms with Gasteiger partial charge in [-0.2, -0.15) is 0 Å². The molecule has 0 radical (unpaired) electrons. The van der Waals surface area contributed by atoms with Crippen LogP contribution in [-0.2, 0) is 0 Å². The second-order valence-electron chi connectivity index (χ2n) is 7.48. The van der Waals surface area contributed by atoms with Crippen LogP contribution in [0.5, 0.6) is 11.5 Å². The third-order valence-electron chi connectivity index (χ3n) is 5.33. The highest BCUT2D eigenvalue weighted by Crippen LogP contribution is 2.19. The van der Waals surface area contributed by atoms with Crippen molar-refractivity contribution in [3.8, 4) is 11.5 Å². The zero-order chi connectivity index (χ0) is 21.3. The summed E-state index contributed by atoms with van der Waals surface area (Å²) in [5.74, 6) is 1.36. The van der Waals surface area contributed by atoms with Crippen LogP contribution < -0.4 is 9.47 Å². The second kappa shape index (κ2) is 10.9. The first-order valence-corrected chi connectivity index (χ1v) is 10.4. The van der Waals surface area contributed by atoms with Crippen LogP contribution in [0.2, 0.25) is 0 Å². The highest BCUT2D eigenvalue weighted by atomic mass is 16.5. The minimum absolute atomic E-state index is 0.0207. The molecule has 6 heteroatoms. The molecule has 0 unspecified atom stereocenters. The molecule has 0 amide bonds. The van der Waals surface area contributed by atoms with Gasteiger partial charge in [0.25, 0.3) is 0 Å². The number of rotatable bonds is 10. The maximum Gasteiger partial charge on any atom is 0.163 e. The van der Waals surface area contributed by atoms with Gasteiger partial charge in [-0.25, -0.2) is 0 Å². The van der Waals surface area contributed by atoms with E-state index in [4.69, 9.17) is 9.47 Å². The van der Waals surface area contributed by atoms with Crippen LogP contribution in [0.4, 0.5) is 0 Å². The number of hydrogen-bond donors (Lipinski definition) is 0. The molecule has 6 nitrogen and oxygen atoms in total. The fraction of sp³-hybridized carbons (Fsp3) is 0.417. The lowest BCUT2D eigenvalue weighted by Gasteiger charge is -2.34. The van der Waals surface area contributed by atoms with Gasteiger partial charge in [-0.05, 0) is 38.1 Å². The number of piperazine rings is 1. The van der Waals surface area contributed by atoms with Gasteiger partial charge < -0.3 is 9.47 Å². The number of carbonyl (C=O) groups excluding carboxylic acids is 2. The van der Waals surface area contributed by atoms with Crippen molar-refractivity contribution in [3.63, 3.8) is 0 Å². The fourth-order valence-electron chi connectivity index (χ4n) is 3.57. The van der Waals surface area contributed by atoms with Crippen LogP contribution in [0, 0.1) is 0 Å². The van der Waals surface area contributed by atoms with Crippen molar-refractivity contribution in [3.05, 3.63) is 59.7 Å². The summed E-state index contributed by atoms with van der Waals surface area (Å²) >= 11 is 0. The molecule has 0 bridgehead atoms. The molecule has 1 aliphatic heterocycles. The molecule has 1 heterocycles. The molecule has 0 spiro atoms. The molecule has 1 aliphatic rings. The van der Waals surface area contributed by atoms with Gasteiger partial charge in [0, 0.05) is 39.3 Å². The van der Waals surface area contributed by atoms with Crippen LogP contribution in [0.1, 0.15) is 34.6 Å². The van der Waals surface area contributed by atoms with E-state index >= 15 is 0 Å². The van der Waals surface area contributed by atoms with Crippen LogP contribution in [0.15, 0.2) is 48.5 Å². The number of nitrogens with zero attached hydrogens (tertiary/aromatic N) is 2. The Morgan fingerprint density at radius 2 is 1.07 bits per heavy atom. The molecule has 160 valence electrons. The maximum absolute atomic E-state index is 11.7. The average molecular weight is 411 g/mol. The van der Waals surface area contributed by atoms with Crippen LogP contribution in [0.3, 0.4) is 0 Å². The summed E-state index contributed by atoms with van der Waals surface area (Å²) in [4.78, 5) is 28.1. The molecule has 1 saturated heterocycles. The number of para-hydroxylation sites is 2. The van der Waals surface area contributed by atoms with Crippen molar-refractivity contribution < 1.29 is 19.1 Å². The van der Waals surface area contributed by atoms with Gasteiger partial charge in [-0.3, -0.25) is 19.4 Å². The SMILES string of the molecule is CC(=O)c1ccccc1OCCN1CCN(CCOc2ccccc2C(C)=O)CC1. The van der Waals surface area contributed by atoms with Crippen LogP contribution in [-0.4, -0.2) is 73.8 Å². The second-order valence-corrected chi connectivity index (χ2v) is 7.48. The van der Waals surface area contributed by atoms with Gasteiger partial charge in [-0.15, -0.1) is 0 Å². The lowest BCUT2D eigenvalue weighted by atomic mass is 10.1. The van der Waals surface area contributed by atoms with E-state index in [-0.39, 0.29) is 11.6 Å². The maximum atomic E-state index is 11.7. The van der Waals surface area contributed by atoms with Crippen molar-refractivity contribution in [2.45, 2.75) is 13.8 Å². The Kier molecular flexibility index (Phi) is 7.99. The lowest BCUT2D eigenvalue weighted by Crippen LogP contribution is -2.48. The molecule has 0 N–H and O–H groups in total. The number of benzene rings is 2. The average Bonchev–Trinajstić information content (AvgIpc) is 2.75. The van der Waals surface area contributed by atoms with Crippen molar-refractivity contribution in [1.29, 1.82) is 0 Å². The number of ether oxygens (including phenoxy) is 2. The van der Waals surface area contributed by atoms with Crippen molar-refractivity contribution in [2.24, 2.45) is 0 Å². The van der Waals surface area contributed by atoms with Gasteiger partial charge in [0.2, 0.25) is 0 Å². The minimum Gasteiger partial charge on any atom is -0.491 e. The highest BCUT2D eigenvalue weighted by molar-refractivity contribution is 5.97. The molecular formula is C24H30N2O4. The first-order chi connectivity index (χ1) is 14.5. The van der Waals surface area contributed by atoms with E-state index in [9.17, 15) is 9.59 Å². The Morgan fingerprint density at radius 1 is 0.700 bits per heavy atom. The zero-order valence-corrected chi connectivity index (χ0v) is 17.8. The Balaban J connectivity index is 1.36. The first kappa shape index (κ1) is 22.0. The summed E-state index contributed by atoms with van der Waals surface area (Å²) in [6, 6.07) is 14.8. The summed E-state index contributed by atoms with van der Waals surface area (Å²) in [6.07, 6.45) is 0. The molecule has 2 aromatic carbocycles. The van der Waals surface area contributed by atoms with Gasteiger partial charge in [-0.1, -0.05) is 24.3 Å². The minimum atomic E-state index is 0.0207. The van der Waals surface area contributed by atoms with Crippen LogP contribution >= 0.6 is 0 Å². The number of Topliss-reactive ketones (excluding diaryl/α,β-unsaturated/α-hetero) is 2. The summed E-state index contributed by atoms with van der Waals surface area (Å²) in [5.41, 5.74) is 1.27. The van der Waals surface area contributed by atoms with Gasteiger partial charge in [0.05, 0.1) is 11.1 Å². The summed E-state index contributed by atoms with van der Waals surface area (Å²) < 4.78 is 11.7. The van der Waals surface area contributed by atoms with Crippen molar-refractivity contribution in [2.75, 3.05) is 52.5 Å². The van der Waals surface area contributed by atoms with Gasteiger partial charge in [0.1, 0.15) is 24.7 Å². The number of ketones is 2. The molecule has 30 heavy (non-hydrogen) atoms. The predicted octanol–water partition coefficient (Wildman–Crippen LogP) is 3.17. The van der Waals surface area contributed by atoms with E-state index in [1.807, 2.05) is 36.4 Å².